The molecule has 0 atom stereocenters. The maximum atomic E-state index is 11.8. The molecule has 0 amide bonds. The van der Waals surface area contributed by atoms with Gasteiger partial charge in [-0.15, -0.1) is 0 Å². The number of aliphatic hydroxyl groups is 1. The Morgan fingerprint density at radius 3 is 0.949 bits per heavy atom. The van der Waals surface area contributed by atoms with Gasteiger partial charge in [0.05, 0.1) is 59.3 Å². The van der Waals surface area contributed by atoms with E-state index in [1.165, 1.54) is 12.1 Å². The fraction of sp³-hybridized carbons (Fsp3) is 0.176. The summed E-state index contributed by atoms with van der Waals surface area (Å²) in [5.74, 6) is -0.489. The van der Waals surface area contributed by atoms with Crippen molar-refractivity contribution in [3.05, 3.63) is 248 Å². The lowest BCUT2D eigenvalue weighted by Gasteiger charge is -2.15. The highest BCUT2D eigenvalue weighted by Crippen LogP contribution is 2.36. The van der Waals surface area contributed by atoms with Crippen molar-refractivity contribution in [2.75, 3.05) is 0 Å². The summed E-state index contributed by atoms with van der Waals surface area (Å²) in [5, 5.41) is 91.6. The number of nitrogens with zero attached hydrogens (tertiary/aromatic N) is 7. The number of rotatable bonds is 26. The second-order valence-corrected chi connectivity index (χ2v) is 17.1. The molecule has 7 aromatic carbocycles. The molecule has 78 heavy (non-hydrogen) atoms. The van der Waals surface area contributed by atoms with Gasteiger partial charge in [-0.1, -0.05) is 24.3 Å². The van der Waals surface area contributed by atoms with Gasteiger partial charge in [0.15, 0.2) is 23.0 Å². The molecule has 0 fully saturated rings. The van der Waals surface area contributed by atoms with Crippen LogP contribution in [0.15, 0.2) is 127 Å². The first-order chi connectivity index (χ1) is 37.2. The van der Waals surface area contributed by atoms with E-state index in [2.05, 4.69) is 0 Å². The topological polar surface area (TPSA) is 368 Å². The minimum absolute atomic E-state index is 0.00957. The summed E-state index contributed by atoms with van der Waals surface area (Å²) >= 11 is 0. The van der Waals surface area contributed by atoms with Crippen LogP contribution in [0.4, 0.5) is 39.8 Å². The van der Waals surface area contributed by atoms with Gasteiger partial charge in [-0.2, -0.15) is 0 Å². The largest absolute Gasteiger partial charge is 0.489 e. The summed E-state index contributed by atoms with van der Waals surface area (Å²) in [6.07, 6.45) is 0.673. The molecule has 1 N–H and O–H groups in total. The van der Waals surface area contributed by atoms with Gasteiger partial charge in [0, 0.05) is 24.3 Å². The molecule has 0 radical (unpaired) electrons. The van der Waals surface area contributed by atoms with Crippen LogP contribution in [0.25, 0.3) is 0 Å². The Labute approximate surface area is 438 Å². The molecule has 0 spiro atoms. The fourth-order valence-corrected chi connectivity index (χ4v) is 7.93. The van der Waals surface area contributed by atoms with Crippen molar-refractivity contribution >= 4 is 39.8 Å². The van der Waals surface area contributed by atoms with E-state index in [9.17, 15) is 75.9 Å². The molecular weight excluding hydrogens is 1030 g/mol. The van der Waals surface area contributed by atoms with E-state index in [0.717, 1.165) is 54.6 Å². The van der Waals surface area contributed by atoms with E-state index in [1.54, 1.807) is 67.6 Å². The van der Waals surface area contributed by atoms with Gasteiger partial charge in [0.1, 0.15) is 38.8 Å². The summed E-state index contributed by atoms with van der Waals surface area (Å²) < 4.78 is 29.5. The molecule has 0 aliphatic carbocycles. The first-order valence-corrected chi connectivity index (χ1v) is 22.9. The molecule has 7 rings (SSSR count). The minimum Gasteiger partial charge on any atom is -0.489 e. The first-order valence-electron chi connectivity index (χ1n) is 22.9. The third-order valence-electron chi connectivity index (χ3n) is 11.5. The molecule has 0 unspecified atom stereocenters. The Hall–Kier alpha value is -10.7. The quantitative estimate of drug-likeness (QED) is 0.0389. The van der Waals surface area contributed by atoms with E-state index in [4.69, 9.17) is 23.7 Å². The van der Waals surface area contributed by atoms with E-state index in [-0.39, 0.29) is 61.7 Å². The molecule has 0 aromatic heterocycles. The van der Waals surface area contributed by atoms with Gasteiger partial charge in [-0.05, 0) is 131 Å². The molecule has 0 heterocycles. The summed E-state index contributed by atoms with van der Waals surface area (Å²) in [5.41, 5.74) is 0.950. The lowest BCUT2D eigenvalue weighted by atomic mass is 9.99. The third kappa shape index (κ3) is 14.3. The van der Waals surface area contributed by atoms with E-state index in [1.807, 2.05) is 0 Å². The summed E-state index contributed by atoms with van der Waals surface area (Å²) in [4.78, 5) is 75.9. The van der Waals surface area contributed by atoms with Crippen LogP contribution in [-0.2, 0) is 52.5 Å². The van der Waals surface area contributed by atoms with Crippen molar-refractivity contribution in [1.82, 2.24) is 0 Å². The van der Waals surface area contributed by atoms with Crippen molar-refractivity contribution in [1.29, 1.82) is 0 Å². The summed E-state index contributed by atoms with van der Waals surface area (Å²) in [6, 6.07) is 28.3. The molecule has 0 aliphatic heterocycles. The lowest BCUT2D eigenvalue weighted by Crippen LogP contribution is -2.06. The second-order valence-electron chi connectivity index (χ2n) is 17.1. The van der Waals surface area contributed by atoms with E-state index in [0.29, 0.717) is 68.7 Å². The highest BCUT2D eigenvalue weighted by molar-refractivity contribution is 5.56. The van der Waals surface area contributed by atoms with Crippen LogP contribution in [0.3, 0.4) is 0 Å². The molecule has 0 saturated carbocycles. The molecule has 0 aliphatic rings. The number of hydrogen-bond donors (Lipinski definition) is 1. The monoisotopic (exact) mass is 1070 g/mol. The van der Waals surface area contributed by atoms with Crippen LogP contribution in [0.2, 0.25) is 0 Å². The van der Waals surface area contributed by atoms with Gasteiger partial charge in [-0.3, -0.25) is 70.8 Å². The smallest absolute Gasteiger partial charge is 0.317 e. The molecule has 0 saturated heterocycles. The number of ether oxygens (including phenoxy) is 5. The number of hydrogen-bond acceptors (Lipinski definition) is 20. The molecule has 7 aromatic rings. The zero-order valence-electron chi connectivity index (χ0n) is 40.6. The number of aryl methyl sites for hydroxylation is 3. The first kappa shape index (κ1) is 55.1. The van der Waals surface area contributed by atoms with Gasteiger partial charge in [-0.25, -0.2) is 0 Å². The Morgan fingerprint density at radius 2 is 0.615 bits per heavy atom. The van der Waals surface area contributed by atoms with Crippen LogP contribution in [0.5, 0.6) is 28.7 Å². The van der Waals surface area contributed by atoms with Crippen molar-refractivity contribution in [3.63, 3.8) is 0 Å². The summed E-state index contributed by atoms with van der Waals surface area (Å²) in [7, 11) is 0. The van der Waals surface area contributed by atoms with Crippen molar-refractivity contribution in [2.45, 2.75) is 59.4 Å². The van der Waals surface area contributed by atoms with Gasteiger partial charge in [0.25, 0.3) is 17.1 Å². The van der Waals surface area contributed by atoms with Crippen molar-refractivity contribution in [2.24, 2.45) is 0 Å². The van der Waals surface area contributed by atoms with E-state index < -0.39 is 75.2 Å². The Kier molecular flexibility index (Phi) is 17.3. The second kappa shape index (κ2) is 24.6. The zero-order valence-corrected chi connectivity index (χ0v) is 40.6. The Morgan fingerprint density at radius 1 is 0.333 bits per heavy atom. The lowest BCUT2D eigenvalue weighted by molar-refractivity contribution is -0.395. The van der Waals surface area contributed by atoms with Crippen molar-refractivity contribution < 1.29 is 63.3 Å². The van der Waals surface area contributed by atoms with Gasteiger partial charge in [0.2, 0.25) is 0 Å². The Bertz CT molecular complexity index is 3420. The number of non-ortho nitro benzene ring substituents is 3. The predicted molar refractivity (Wildman–Crippen MR) is 271 cm³/mol. The Balaban J connectivity index is 1.14. The summed E-state index contributed by atoms with van der Waals surface area (Å²) in [6.45, 7) is 0.111. The minimum atomic E-state index is -0.842. The average Bonchev–Trinajstić information content (AvgIpc) is 3.43. The normalized spacial score (nSPS) is 10.8. The zero-order chi connectivity index (χ0) is 56.2. The maximum absolute atomic E-state index is 11.8. The number of benzene rings is 7. The SMILES string of the molecule is Cc1ccc(OCc2cc(CCc3cc(CO)cc(OCc4cc(COc5ccc([N+](=O)[O-])cc5[N+](=O)[O-])cc(COc5ccc([N+](=O)[O-])cc5[N+](=O)[O-])c4)c3)cc(COc3ccc([N+](=O)[O-])cc3[N+](=O)[O-])c2)c([N+](=O)[O-])c1. The fourth-order valence-electron chi connectivity index (χ4n) is 7.93. The van der Waals surface area contributed by atoms with Crippen LogP contribution in [0, 0.1) is 77.7 Å². The van der Waals surface area contributed by atoms with Crippen LogP contribution >= 0.6 is 0 Å². The molecule has 400 valence electrons. The molecule has 27 heteroatoms. The standard InChI is InChI=1S/C51H41N7O20/c1-31-2-8-48(44(12-31)55(66)67)75-27-35-14-32(15-36(16-35)28-76-49-9-5-40(52(60)61)22-45(49)56(68)69)3-4-33-13-34(25-59)21-43(20-33)74-26-37-17-38(29-77-50-10-6-41(53(62)63)23-46(50)57(70)71)19-39(18-37)30-78-51-11-7-42(54(64)65)24-47(51)58(72)73/h2,5-24,59H,3-4,25-30H2,1H3. The number of nitro groups is 7. The number of aliphatic hydroxyl groups excluding tert-OH is 1. The van der Waals surface area contributed by atoms with Crippen LogP contribution < -0.4 is 23.7 Å². The van der Waals surface area contributed by atoms with Crippen molar-refractivity contribution in [3.8, 4) is 28.7 Å². The number of nitro benzene ring substituents is 7. The molecule has 0 bridgehead atoms. The van der Waals surface area contributed by atoms with Gasteiger partial charge >= 0.3 is 22.7 Å². The predicted octanol–water partition coefficient (Wildman–Crippen LogP) is 10.5. The molecule has 27 nitrogen and oxygen atoms in total. The molecular formula is C51H41N7O20. The van der Waals surface area contributed by atoms with E-state index >= 15 is 0 Å². The average molecular weight is 1070 g/mol. The van der Waals surface area contributed by atoms with Crippen LogP contribution in [0.1, 0.15) is 50.1 Å². The highest BCUT2D eigenvalue weighted by Gasteiger charge is 2.24. The maximum Gasteiger partial charge on any atom is 0.317 e. The van der Waals surface area contributed by atoms with Crippen LogP contribution in [-0.4, -0.2) is 39.6 Å². The highest BCUT2D eigenvalue weighted by atomic mass is 16.7. The third-order valence-corrected chi connectivity index (χ3v) is 11.5. The van der Waals surface area contributed by atoms with Gasteiger partial charge < -0.3 is 28.8 Å².